The van der Waals surface area contributed by atoms with Gasteiger partial charge in [-0.15, -0.1) is 11.3 Å². The SMILES string of the molecule is CC(C)c1ccc(NC(=O)C2CCN(S(=O)(=O)c3cc(C(=O)N(C)C)cs3)CC2)cc1. The van der Waals surface area contributed by atoms with Crippen molar-refractivity contribution in [3.63, 3.8) is 0 Å². The van der Waals surface area contributed by atoms with Gasteiger partial charge in [-0.3, -0.25) is 9.59 Å². The van der Waals surface area contributed by atoms with Crippen LogP contribution in [0, 0.1) is 5.92 Å². The van der Waals surface area contributed by atoms with Gasteiger partial charge in [-0.1, -0.05) is 26.0 Å². The molecule has 1 aromatic heterocycles. The first-order chi connectivity index (χ1) is 14.6. The van der Waals surface area contributed by atoms with Crippen molar-refractivity contribution < 1.29 is 18.0 Å². The Morgan fingerprint density at radius 1 is 1.13 bits per heavy atom. The third kappa shape index (κ3) is 5.34. The van der Waals surface area contributed by atoms with Gasteiger partial charge in [0.25, 0.3) is 15.9 Å². The van der Waals surface area contributed by atoms with Crippen molar-refractivity contribution in [1.82, 2.24) is 9.21 Å². The van der Waals surface area contributed by atoms with E-state index in [1.165, 1.54) is 20.8 Å². The lowest BCUT2D eigenvalue weighted by Crippen LogP contribution is -2.41. The number of nitrogens with zero attached hydrogens (tertiary/aromatic N) is 2. The zero-order valence-electron chi connectivity index (χ0n) is 18.3. The van der Waals surface area contributed by atoms with E-state index in [2.05, 4.69) is 19.2 Å². The molecule has 9 heteroatoms. The fourth-order valence-corrected chi connectivity index (χ4v) is 6.28. The zero-order valence-corrected chi connectivity index (χ0v) is 19.9. The average Bonchev–Trinajstić information content (AvgIpc) is 3.24. The van der Waals surface area contributed by atoms with Gasteiger partial charge in [0.2, 0.25) is 5.91 Å². The van der Waals surface area contributed by atoms with Crippen LogP contribution in [-0.2, 0) is 14.8 Å². The highest BCUT2D eigenvalue weighted by atomic mass is 32.2. The van der Waals surface area contributed by atoms with E-state index >= 15 is 0 Å². The van der Waals surface area contributed by atoms with Gasteiger partial charge in [0.15, 0.2) is 0 Å². The van der Waals surface area contributed by atoms with Crippen molar-refractivity contribution in [2.24, 2.45) is 5.92 Å². The summed E-state index contributed by atoms with van der Waals surface area (Å²) in [5.74, 6) is -0.110. The molecule has 2 aromatic rings. The number of nitrogens with one attached hydrogen (secondary N) is 1. The lowest BCUT2D eigenvalue weighted by Gasteiger charge is -2.30. The number of benzene rings is 1. The molecule has 31 heavy (non-hydrogen) atoms. The second-order valence-electron chi connectivity index (χ2n) is 8.30. The fraction of sp³-hybridized carbons (Fsp3) is 0.455. The van der Waals surface area contributed by atoms with E-state index in [0.717, 1.165) is 17.0 Å². The van der Waals surface area contributed by atoms with Crippen molar-refractivity contribution in [2.45, 2.75) is 36.8 Å². The molecule has 2 amide bonds. The van der Waals surface area contributed by atoms with Crippen LogP contribution in [0.4, 0.5) is 5.69 Å². The third-order valence-corrected chi connectivity index (χ3v) is 8.81. The predicted octanol–water partition coefficient (Wildman–Crippen LogP) is 3.61. The number of sulfonamides is 1. The van der Waals surface area contributed by atoms with Gasteiger partial charge in [-0.25, -0.2) is 8.42 Å². The predicted molar refractivity (Wildman–Crippen MR) is 123 cm³/mol. The summed E-state index contributed by atoms with van der Waals surface area (Å²) in [6.07, 6.45) is 0.925. The molecule has 1 aromatic carbocycles. The quantitative estimate of drug-likeness (QED) is 0.709. The average molecular weight is 464 g/mol. The molecule has 0 bridgehead atoms. The van der Waals surface area contributed by atoms with Gasteiger partial charge in [-0.05, 0) is 42.5 Å². The van der Waals surface area contributed by atoms with Crippen LogP contribution in [0.2, 0.25) is 0 Å². The minimum Gasteiger partial charge on any atom is -0.345 e. The lowest BCUT2D eigenvalue weighted by atomic mass is 9.97. The fourth-order valence-electron chi connectivity index (χ4n) is 3.50. The van der Waals surface area contributed by atoms with Crippen molar-refractivity contribution in [3.05, 3.63) is 46.8 Å². The molecule has 0 saturated carbocycles. The maximum atomic E-state index is 13.0. The number of rotatable bonds is 6. The second kappa shape index (κ2) is 9.50. The van der Waals surface area contributed by atoms with Gasteiger partial charge in [0, 0.05) is 44.2 Å². The molecule has 1 aliphatic rings. The molecule has 0 unspecified atom stereocenters. The maximum Gasteiger partial charge on any atom is 0.254 e. The van der Waals surface area contributed by atoms with E-state index in [1.54, 1.807) is 19.5 Å². The number of hydrogen-bond donors (Lipinski definition) is 1. The largest absolute Gasteiger partial charge is 0.345 e. The normalized spacial score (nSPS) is 15.8. The van der Waals surface area contributed by atoms with E-state index in [4.69, 9.17) is 0 Å². The number of thiophene rings is 1. The number of hydrogen-bond acceptors (Lipinski definition) is 5. The minimum absolute atomic E-state index is 0.0793. The summed E-state index contributed by atoms with van der Waals surface area (Å²) < 4.78 is 27.5. The molecule has 7 nitrogen and oxygen atoms in total. The first kappa shape index (κ1) is 23.4. The van der Waals surface area contributed by atoms with Gasteiger partial charge in [-0.2, -0.15) is 4.31 Å². The monoisotopic (exact) mass is 463 g/mol. The topological polar surface area (TPSA) is 86.8 Å². The molecular weight excluding hydrogens is 434 g/mol. The van der Waals surface area contributed by atoms with E-state index in [1.807, 2.05) is 24.3 Å². The first-order valence-corrected chi connectivity index (χ1v) is 12.6. The van der Waals surface area contributed by atoms with Crippen LogP contribution in [0.25, 0.3) is 0 Å². The molecule has 0 radical (unpaired) electrons. The van der Waals surface area contributed by atoms with E-state index in [9.17, 15) is 18.0 Å². The molecule has 0 aliphatic carbocycles. The molecule has 1 N–H and O–H groups in total. The molecule has 2 heterocycles. The lowest BCUT2D eigenvalue weighted by molar-refractivity contribution is -0.120. The van der Waals surface area contributed by atoms with Gasteiger partial charge in [0.1, 0.15) is 4.21 Å². The molecule has 168 valence electrons. The molecule has 0 atom stereocenters. The summed E-state index contributed by atoms with van der Waals surface area (Å²) in [6.45, 7) is 4.79. The number of piperidine rings is 1. The molecule has 1 fully saturated rings. The van der Waals surface area contributed by atoms with E-state index in [-0.39, 0.29) is 35.0 Å². The van der Waals surface area contributed by atoms with Crippen LogP contribution in [-0.4, -0.2) is 56.6 Å². The summed E-state index contributed by atoms with van der Waals surface area (Å²) >= 11 is 1.05. The first-order valence-electron chi connectivity index (χ1n) is 10.3. The van der Waals surface area contributed by atoms with Crippen LogP contribution >= 0.6 is 11.3 Å². The van der Waals surface area contributed by atoms with Crippen LogP contribution in [0.15, 0.2) is 39.9 Å². The summed E-state index contributed by atoms with van der Waals surface area (Å²) in [6, 6.07) is 9.24. The Morgan fingerprint density at radius 2 is 1.74 bits per heavy atom. The number of carbonyl (C=O) groups is 2. The van der Waals surface area contributed by atoms with Crippen LogP contribution in [0.5, 0.6) is 0 Å². The standard InChI is InChI=1S/C22H29N3O4S2/c1-15(2)16-5-7-19(8-6-16)23-21(26)17-9-11-25(12-10-17)31(28,29)20-13-18(14-30-20)22(27)24(3)4/h5-8,13-15,17H,9-12H2,1-4H3,(H,23,26). The second-order valence-corrected chi connectivity index (χ2v) is 11.4. The summed E-state index contributed by atoms with van der Waals surface area (Å²) in [7, 11) is -0.417. The van der Waals surface area contributed by atoms with E-state index < -0.39 is 10.0 Å². The van der Waals surface area contributed by atoms with Gasteiger partial charge >= 0.3 is 0 Å². The number of anilines is 1. The van der Waals surface area contributed by atoms with Gasteiger partial charge < -0.3 is 10.2 Å². The minimum atomic E-state index is -3.67. The highest BCUT2D eigenvalue weighted by Crippen LogP contribution is 2.29. The van der Waals surface area contributed by atoms with Crippen LogP contribution in [0.3, 0.4) is 0 Å². The highest BCUT2D eigenvalue weighted by molar-refractivity contribution is 7.91. The van der Waals surface area contributed by atoms with Crippen molar-refractivity contribution in [3.8, 4) is 0 Å². The molecule has 1 aliphatic heterocycles. The van der Waals surface area contributed by atoms with E-state index in [0.29, 0.717) is 24.3 Å². The molecule has 0 spiro atoms. The summed E-state index contributed by atoms with van der Waals surface area (Å²) in [5, 5.41) is 4.51. The van der Waals surface area contributed by atoms with Crippen LogP contribution in [0.1, 0.15) is 48.5 Å². The molecule has 1 saturated heterocycles. The van der Waals surface area contributed by atoms with Crippen molar-refractivity contribution in [2.75, 3.05) is 32.5 Å². The van der Waals surface area contributed by atoms with Gasteiger partial charge in [0.05, 0.1) is 5.56 Å². The molecule has 3 rings (SSSR count). The zero-order chi connectivity index (χ0) is 22.8. The number of carbonyl (C=O) groups excluding carboxylic acids is 2. The Morgan fingerprint density at radius 3 is 2.29 bits per heavy atom. The smallest absolute Gasteiger partial charge is 0.254 e. The summed E-state index contributed by atoms with van der Waals surface area (Å²) in [5.41, 5.74) is 2.33. The molecular formula is C22H29N3O4S2. The number of amides is 2. The Labute approximate surface area is 188 Å². The maximum absolute atomic E-state index is 13.0. The highest BCUT2D eigenvalue weighted by Gasteiger charge is 2.33. The van der Waals surface area contributed by atoms with Crippen LogP contribution < -0.4 is 5.32 Å². The Hall–Kier alpha value is -2.23. The Kier molecular flexibility index (Phi) is 7.18. The summed E-state index contributed by atoms with van der Waals surface area (Å²) in [4.78, 5) is 26.1. The Bertz CT molecular complexity index is 1030. The third-order valence-electron chi connectivity index (χ3n) is 5.49. The Balaban J connectivity index is 1.59. The van der Waals surface area contributed by atoms with Crippen molar-refractivity contribution in [1.29, 1.82) is 0 Å². The van der Waals surface area contributed by atoms with Crippen molar-refractivity contribution >= 4 is 38.9 Å².